The average Bonchev–Trinajstić information content (AvgIpc) is 3.01. The SMILES string of the molecule is CCCCCCCCCSCCCCCCN1CCSC1.Cl. The Hall–Kier alpha value is 0.950. The second-order valence-corrected chi connectivity index (χ2v) is 8.60. The predicted octanol–water partition coefficient (Wildman–Crippen LogP) is 6.46. The average molecular weight is 368 g/mol. The van der Waals surface area contributed by atoms with Crippen LogP contribution in [0.15, 0.2) is 0 Å². The molecule has 0 aromatic rings. The van der Waals surface area contributed by atoms with E-state index >= 15 is 0 Å². The molecule has 1 rings (SSSR count). The molecule has 22 heavy (non-hydrogen) atoms. The van der Waals surface area contributed by atoms with Crippen molar-refractivity contribution >= 4 is 35.9 Å². The Bertz CT molecular complexity index is 211. The molecule has 0 aromatic carbocycles. The normalized spacial score (nSPS) is 15.1. The fourth-order valence-electron chi connectivity index (χ4n) is 2.78. The highest BCUT2D eigenvalue weighted by atomic mass is 35.5. The third-order valence-corrected chi connectivity index (χ3v) is 6.40. The van der Waals surface area contributed by atoms with Gasteiger partial charge in [-0.25, -0.2) is 0 Å². The summed E-state index contributed by atoms with van der Waals surface area (Å²) in [5, 5.41) is 0. The predicted molar refractivity (Wildman–Crippen MR) is 110 cm³/mol. The summed E-state index contributed by atoms with van der Waals surface area (Å²) in [5.41, 5.74) is 0. The fourth-order valence-corrected chi connectivity index (χ4v) is 4.84. The number of hydrogen-bond donors (Lipinski definition) is 0. The van der Waals surface area contributed by atoms with Crippen LogP contribution in [0, 0.1) is 0 Å². The van der Waals surface area contributed by atoms with Gasteiger partial charge in [-0.1, -0.05) is 58.3 Å². The quantitative estimate of drug-likeness (QED) is 0.306. The Morgan fingerprint density at radius 2 is 1.41 bits per heavy atom. The molecule has 1 aliphatic rings. The van der Waals surface area contributed by atoms with Crippen molar-refractivity contribution in [1.29, 1.82) is 0 Å². The highest BCUT2D eigenvalue weighted by Crippen LogP contribution is 2.15. The molecule has 1 saturated heterocycles. The lowest BCUT2D eigenvalue weighted by atomic mass is 10.1. The number of rotatable bonds is 15. The van der Waals surface area contributed by atoms with E-state index in [0.717, 1.165) is 0 Å². The van der Waals surface area contributed by atoms with Crippen LogP contribution < -0.4 is 0 Å². The van der Waals surface area contributed by atoms with E-state index < -0.39 is 0 Å². The van der Waals surface area contributed by atoms with Crippen molar-refractivity contribution in [3.05, 3.63) is 0 Å². The Balaban J connectivity index is 0.00000441. The van der Waals surface area contributed by atoms with Gasteiger partial charge in [-0.2, -0.15) is 11.8 Å². The number of hydrogen-bond acceptors (Lipinski definition) is 3. The first-order valence-electron chi connectivity index (χ1n) is 9.31. The maximum absolute atomic E-state index is 2.61. The molecule has 0 amide bonds. The Morgan fingerprint density at radius 3 is 2.00 bits per heavy atom. The van der Waals surface area contributed by atoms with Gasteiger partial charge in [-0.15, -0.1) is 24.2 Å². The van der Waals surface area contributed by atoms with Gasteiger partial charge in [-0.3, -0.25) is 4.90 Å². The second kappa shape index (κ2) is 18.3. The molecule has 0 atom stereocenters. The van der Waals surface area contributed by atoms with E-state index in [0.29, 0.717) is 0 Å². The molecule has 0 aliphatic carbocycles. The van der Waals surface area contributed by atoms with Crippen LogP contribution in [0.5, 0.6) is 0 Å². The summed E-state index contributed by atoms with van der Waals surface area (Å²) < 4.78 is 0. The molecule has 0 radical (unpaired) electrons. The molecule has 0 aromatic heterocycles. The van der Waals surface area contributed by atoms with E-state index in [1.165, 1.54) is 107 Å². The number of halogens is 1. The third kappa shape index (κ3) is 14.5. The van der Waals surface area contributed by atoms with Crippen molar-refractivity contribution in [2.24, 2.45) is 0 Å². The van der Waals surface area contributed by atoms with Crippen LogP contribution in [0.3, 0.4) is 0 Å². The first kappa shape index (κ1) is 22.9. The molecule has 0 bridgehead atoms. The minimum atomic E-state index is 0. The number of nitrogens with zero attached hydrogens (tertiary/aromatic N) is 1. The monoisotopic (exact) mass is 367 g/mol. The molecule has 1 nitrogen and oxygen atoms in total. The van der Waals surface area contributed by atoms with Crippen LogP contribution in [-0.2, 0) is 0 Å². The number of thioether (sulfide) groups is 2. The van der Waals surface area contributed by atoms with Crippen molar-refractivity contribution in [2.45, 2.75) is 77.6 Å². The van der Waals surface area contributed by atoms with Crippen LogP contribution in [0.4, 0.5) is 0 Å². The van der Waals surface area contributed by atoms with Gasteiger partial charge in [0.15, 0.2) is 0 Å². The van der Waals surface area contributed by atoms with Crippen molar-refractivity contribution < 1.29 is 0 Å². The zero-order valence-electron chi connectivity index (χ0n) is 14.7. The van der Waals surface area contributed by atoms with E-state index in [1.54, 1.807) is 0 Å². The highest BCUT2D eigenvalue weighted by molar-refractivity contribution is 7.99. The van der Waals surface area contributed by atoms with Gasteiger partial charge in [0.1, 0.15) is 0 Å². The largest absolute Gasteiger partial charge is 0.293 e. The van der Waals surface area contributed by atoms with Crippen molar-refractivity contribution in [3.8, 4) is 0 Å². The second-order valence-electron chi connectivity index (χ2n) is 6.30. The Labute approximate surface area is 154 Å². The van der Waals surface area contributed by atoms with Gasteiger partial charge in [0.05, 0.1) is 0 Å². The van der Waals surface area contributed by atoms with E-state index in [2.05, 4.69) is 35.3 Å². The summed E-state index contributed by atoms with van der Waals surface area (Å²) in [6, 6.07) is 0. The molecule has 0 spiro atoms. The maximum Gasteiger partial charge on any atom is 0.0445 e. The minimum absolute atomic E-state index is 0. The van der Waals surface area contributed by atoms with Crippen molar-refractivity contribution in [3.63, 3.8) is 0 Å². The lowest BCUT2D eigenvalue weighted by molar-refractivity contribution is 0.344. The Kier molecular flexibility index (Phi) is 19.1. The zero-order chi connectivity index (χ0) is 15.0. The van der Waals surface area contributed by atoms with Crippen molar-refractivity contribution in [1.82, 2.24) is 4.90 Å². The third-order valence-electron chi connectivity index (χ3n) is 4.23. The smallest absolute Gasteiger partial charge is 0.0445 e. The van der Waals surface area contributed by atoms with Crippen LogP contribution in [0.25, 0.3) is 0 Å². The highest BCUT2D eigenvalue weighted by Gasteiger charge is 2.10. The summed E-state index contributed by atoms with van der Waals surface area (Å²) in [6.45, 7) is 4.97. The van der Waals surface area contributed by atoms with Gasteiger partial charge in [0.25, 0.3) is 0 Å². The van der Waals surface area contributed by atoms with Gasteiger partial charge in [0, 0.05) is 18.2 Å². The molecule has 0 unspecified atom stereocenters. The summed E-state index contributed by atoms with van der Waals surface area (Å²) in [6.07, 6.45) is 15.9. The molecule has 1 fully saturated rings. The lowest BCUT2D eigenvalue weighted by Gasteiger charge is -2.12. The van der Waals surface area contributed by atoms with E-state index in [-0.39, 0.29) is 12.4 Å². The maximum atomic E-state index is 2.61. The standard InChI is InChI=1S/C18H37NS2.ClH/c1-2-3-4-5-6-8-11-15-20-16-12-9-7-10-13-19-14-17-21-18-19;/h2-18H2,1H3;1H. The summed E-state index contributed by atoms with van der Waals surface area (Å²) in [5.74, 6) is 5.44. The Morgan fingerprint density at radius 1 is 0.818 bits per heavy atom. The van der Waals surface area contributed by atoms with Crippen LogP contribution in [0.1, 0.15) is 77.6 Å². The first-order chi connectivity index (χ1) is 10.4. The molecular weight excluding hydrogens is 330 g/mol. The number of unbranched alkanes of at least 4 members (excludes halogenated alkanes) is 9. The molecule has 1 heterocycles. The van der Waals surface area contributed by atoms with Gasteiger partial charge >= 0.3 is 0 Å². The summed E-state index contributed by atoms with van der Waals surface area (Å²) in [7, 11) is 0. The van der Waals surface area contributed by atoms with Gasteiger partial charge < -0.3 is 0 Å². The van der Waals surface area contributed by atoms with Crippen LogP contribution >= 0.6 is 35.9 Å². The zero-order valence-corrected chi connectivity index (χ0v) is 17.1. The minimum Gasteiger partial charge on any atom is -0.293 e. The van der Waals surface area contributed by atoms with Crippen molar-refractivity contribution in [2.75, 3.05) is 36.2 Å². The molecule has 0 saturated carbocycles. The van der Waals surface area contributed by atoms with E-state index in [9.17, 15) is 0 Å². The summed E-state index contributed by atoms with van der Waals surface area (Å²) in [4.78, 5) is 2.61. The first-order valence-corrected chi connectivity index (χ1v) is 11.6. The fraction of sp³-hybridized carbons (Fsp3) is 1.00. The molecule has 0 N–H and O–H groups in total. The van der Waals surface area contributed by atoms with Gasteiger partial charge in [-0.05, 0) is 37.3 Å². The van der Waals surface area contributed by atoms with E-state index in [1.807, 2.05) is 0 Å². The molecule has 4 heteroatoms. The molecule has 1 aliphatic heterocycles. The summed E-state index contributed by atoms with van der Waals surface area (Å²) >= 11 is 4.28. The topological polar surface area (TPSA) is 3.24 Å². The lowest BCUT2D eigenvalue weighted by Crippen LogP contribution is -2.20. The molecule has 134 valence electrons. The van der Waals surface area contributed by atoms with Gasteiger partial charge in [0.2, 0.25) is 0 Å². The van der Waals surface area contributed by atoms with Crippen LogP contribution in [-0.4, -0.2) is 41.1 Å². The van der Waals surface area contributed by atoms with Crippen LogP contribution in [0.2, 0.25) is 0 Å². The molecular formula is C18H38ClNS2. The van der Waals surface area contributed by atoms with E-state index in [4.69, 9.17) is 0 Å².